The molecule has 2 N–H and O–H groups in total. The SMILES string of the molecule is COc1c(OC2CCSC2)cccc1C(C)CN. The molecule has 2 unspecified atom stereocenters. The highest BCUT2D eigenvalue weighted by Gasteiger charge is 2.21. The van der Waals surface area contributed by atoms with Crippen LogP contribution in [0, 0.1) is 0 Å². The molecule has 0 aromatic heterocycles. The fourth-order valence-corrected chi connectivity index (χ4v) is 3.24. The van der Waals surface area contributed by atoms with Crippen LogP contribution in [-0.4, -0.2) is 31.3 Å². The molecule has 1 aromatic rings. The zero-order valence-electron chi connectivity index (χ0n) is 11.0. The van der Waals surface area contributed by atoms with Crippen LogP contribution >= 0.6 is 11.8 Å². The monoisotopic (exact) mass is 267 g/mol. The van der Waals surface area contributed by atoms with Gasteiger partial charge in [0.25, 0.3) is 0 Å². The van der Waals surface area contributed by atoms with Crippen LogP contribution in [0.3, 0.4) is 0 Å². The maximum absolute atomic E-state index is 6.05. The third-order valence-electron chi connectivity index (χ3n) is 3.28. The molecule has 1 fully saturated rings. The number of thioether (sulfide) groups is 1. The molecule has 0 spiro atoms. The van der Waals surface area contributed by atoms with E-state index < -0.39 is 0 Å². The third-order valence-corrected chi connectivity index (χ3v) is 4.41. The van der Waals surface area contributed by atoms with Gasteiger partial charge < -0.3 is 15.2 Å². The molecule has 0 amide bonds. The Kier molecular flexibility index (Phi) is 4.78. The molecule has 1 saturated heterocycles. The first-order valence-electron chi connectivity index (χ1n) is 6.37. The summed E-state index contributed by atoms with van der Waals surface area (Å²) < 4.78 is 11.6. The Morgan fingerprint density at radius 3 is 2.94 bits per heavy atom. The molecule has 0 bridgehead atoms. The lowest BCUT2D eigenvalue weighted by Gasteiger charge is -2.20. The number of hydrogen-bond donors (Lipinski definition) is 1. The van der Waals surface area contributed by atoms with E-state index in [1.807, 2.05) is 23.9 Å². The van der Waals surface area contributed by atoms with Gasteiger partial charge in [-0.15, -0.1) is 0 Å². The summed E-state index contributed by atoms with van der Waals surface area (Å²) in [5.74, 6) is 4.22. The Morgan fingerprint density at radius 1 is 1.50 bits per heavy atom. The Hall–Kier alpha value is -0.870. The highest BCUT2D eigenvalue weighted by atomic mass is 32.2. The normalized spacial score (nSPS) is 20.7. The average molecular weight is 267 g/mol. The molecule has 0 saturated carbocycles. The van der Waals surface area contributed by atoms with Crippen LogP contribution in [0.25, 0.3) is 0 Å². The molecule has 1 heterocycles. The van der Waals surface area contributed by atoms with E-state index in [1.165, 1.54) is 5.75 Å². The second kappa shape index (κ2) is 6.34. The van der Waals surface area contributed by atoms with Crippen LogP contribution in [0.1, 0.15) is 24.8 Å². The van der Waals surface area contributed by atoms with E-state index in [9.17, 15) is 0 Å². The van der Waals surface area contributed by atoms with Gasteiger partial charge in [0.1, 0.15) is 6.10 Å². The minimum Gasteiger partial charge on any atom is -0.493 e. The molecule has 1 aliphatic heterocycles. The lowest BCUT2D eigenvalue weighted by molar-refractivity contribution is 0.217. The van der Waals surface area contributed by atoms with Crippen LogP contribution in [0.2, 0.25) is 0 Å². The molecule has 4 heteroatoms. The summed E-state index contributed by atoms with van der Waals surface area (Å²) in [6, 6.07) is 6.06. The molecule has 1 aromatic carbocycles. The highest BCUT2D eigenvalue weighted by Crippen LogP contribution is 2.37. The Bertz CT molecular complexity index is 391. The van der Waals surface area contributed by atoms with Gasteiger partial charge in [-0.1, -0.05) is 19.1 Å². The third kappa shape index (κ3) is 2.93. The first-order chi connectivity index (χ1) is 8.76. The summed E-state index contributed by atoms with van der Waals surface area (Å²) in [5.41, 5.74) is 6.87. The van der Waals surface area contributed by atoms with Gasteiger partial charge in [0.05, 0.1) is 7.11 Å². The summed E-state index contributed by atoms with van der Waals surface area (Å²) in [4.78, 5) is 0. The second-order valence-corrected chi connectivity index (χ2v) is 5.77. The highest BCUT2D eigenvalue weighted by molar-refractivity contribution is 7.99. The minimum atomic E-state index is 0.279. The van der Waals surface area contributed by atoms with Crippen molar-refractivity contribution in [3.8, 4) is 11.5 Å². The van der Waals surface area contributed by atoms with E-state index in [0.29, 0.717) is 12.6 Å². The van der Waals surface area contributed by atoms with E-state index in [4.69, 9.17) is 15.2 Å². The van der Waals surface area contributed by atoms with Crippen molar-refractivity contribution in [3.05, 3.63) is 23.8 Å². The topological polar surface area (TPSA) is 44.5 Å². The minimum absolute atomic E-state index is 0.279. The maximum Gasteiger partial charge on any atom is 0.164 e. The number of rotatable bonds is 5. The molecule has 3 nitrogen and oxygen atoms in total. The summed E-state index contributed by atoms with van der Waals surface area (Å²) in [6.07, 6.45) is 1.43. The van der Waals surface area contributed by atoms with Crippen molar-refractivity contribution in [1.82, 2.24) is 0 Å². The van der Waals surface area contributed by atoms with Gasteiger partial charge >= 0.3 is 0 Å². The number of hydrogen-bond acceptors (Lipinski definition) is 4. The first-order valence-corrected chi connectivity index (χ1v) is 7.53. The number of ether oxygens (including phenoxy) is 2. The van der Waals surface area contributed by atoms with Crippen LogP contribution in [0.5, 0.6) is 11.5 Å². The zero-order chi connectivity index (χ0) is 13.0. The predicted octanol–water partition coefficient (Wildman–Crippen LogP) is 2.64. The summed E-state index contributed by atoms with van der Waals surface area (Å²) in [6.45, 7) is 2.71. The molecule has 0 aliphatic carbocycles. The summed E-state index contributed by atoms with van der Waals surface area (Å²) in [7, 11) is 1.69. The molecular formula is C14H21NO2S. The van der Waals surface area contributed by atoms with Crippen LogP contribution in [0.15, 0.2) is 18.2 Å². The van der Waals surface area contributed by atoms with E-state index in [-0.39, 0.29) is 5.92 Å². The van der Waals surface area contributed by atoms with Gasteiger partial charge in [0, 0.05) is 11.3 Å². The van der Waals surface area contributed by atoms with Crippen molar-refractivity contribution in [3.63, 3.8) is 0 Å². The summed E-state index contributed by atoms with van der Waals surface area (Å²) in [5, 5.41) is 0. The van der Waals surface area contributed by atoms with Crippen LogP contribution in [-0.2, 0) is 0 Å². The smallest absolute Gasteiger partial charge is 0.164 e. The van der Waals surface area contributed by atoms with Gasteiger partial charge in [0.15, 0.2) is 11.5 Å². The van der Waals surface area contributed by atoms with Crippen LogP contribution < -0.4 is 15.2 Å². The van der Waals surface area contributed by atoms with Crippen molar-refractivity contribution < 1.29 is 9.47 Å². The van der Waals surface area contributed by atoms with Gasteiger partial charge in [-0.2, -0.15) is 11.8 Å². The number of benzene rings is 1. The van der Waals surface area contributed by atoms with Crippen molar-refractivity contribution in [2.24, 2.45) is 5.73 Å². The largest absolute Gasteiger partial charge is 0.493 e. The van der Waals surface area contributed by atoms with E-state index in [0.717, 1.165) is 29.2 Å². The average Bonchev–Trinajstić information content (AvgIpc) is 2.90. The van der Waals surface area contributed by atoms with Crippen molar-refractivity contribution in [2.45, 2.75) is 25.4 Å². The van der Waals surface area contributed by atoms with Crippen molar-refractivity contribution in [1.29, 1.82) is 0 Å². The second-order valence-electron chi connectivity index (χ2n) is 4.62. The Labute approximate surface area is 113 Å². The van der Waals surface area contributed by atoms with E-state index in [2.05, 4.69) is 13.0 Å². The lowest BCUT2D eigenvalue weighted by atomic mass is 10.00. The van der Waals surface area contributed by atoms with Gasteiger partial charge in [0.2, 0.25) is 0 Å². The molecule has 18 heavy (non-hydrogen) atoms. The number of nitrogens with two attached hydrogens (primary N) is 1. The molecule has 100 valence electrons. The van der Waals surface area contributed by atoms with Gasteiger partial charge in [-0.3, -0.25) is 0 Å². The van der Waals surface area contributed by atoms with Crippen molar-refractivity contribution >= 4 is 11.8 Å². The van der Waals surface area contributed by atoms with E-state index in [1.54, 1.807) is 7.11 Å². The first kappa shape index (κ1) is 13.6. The maximum atomic E-state index is 6.05. The molecule has 1 aliphatic rings. The van der Waals surface area contributed by atoms with Gasteiger partial charge in [-0.25, -0.2) is 0 Å². The van der Waals surface area contributed by atoms with Gasteiger partial charge in [-0.05, 0) is 30.7 Å². The number of methoxy groups -OCH3 is 1. The Morgan fingerprint density at radius 2 is 2.33 bits per heavy atom. The fraction of sp³-hybridized carbons (Fsp3) is 0.571. The predicted molar refractivity (Wildman–Crippen MR) is 76.8 cm³/mol. The Balaban J connectivity index is 2.22. The standard InChI is InChI=1S/C14H21NO2S/c1-10(8-15)12-4-3-5-13(14(12)16-2)17-11-6-7-18-9-11/h3-5,10-11H,6-9,15H2,1-2H3. The fourth-order valence-electron chi connectivity index (χ4n) is 2.14. The summed E-state index contributed by atoms with van der Waals surface area (Å²) >= 11 is 1.94. The quantitative estimate of drug-likeness (QED) is 0.890. The van der Waals surface area contributed by atoms with Crippen LogP contribution in [0.4, 0.5) is 0 Å². The molecule has 2 rings (SSSR count). The van der Waals surface area contributed by atoms with Crippen molar-refractivity contribution in [2.75, 3.05) is 25.2 Å². The lowest BCUT2D eigenvalue weighted by Crippen LogP contribution is -2.16. The zero-order valence-corrected chi connectivity index (χ0v) is 11.8. The number of para-hydroxylation sites is 1. The van der Waals surface area contributed by atoms with E-state index >= 15 is 0 Å². The molecule has 2 atom stereocenters. The molecular weight excluding hydrogens is 246 g/mol. The molecule has 0 radical (unpaired) electrons.